The molecule has 3 rings (SSSR count). The third-order valence-electron chi connectivity index (χ3n) is 4.48. The number of carbonyl (C=O) groups excluding carboxylic acids is 1. The van der Waals surface area contributed by atoms with Crippen molar-refractivity contribution in [1.29, 1.82) is 0 Å². The van der Waals surface area contributed by atoms with Gasteiger partial charge in [0, 0.05) is 16.9 Å². The van der Waals surface area contributed by atoms with E-state index in [4.69, 9.17) is 10.5 Å². The quantitative estimate of drug-likeness (QED) is 0.868. The van der Waals surface area contributed by atoms with E-state index in [-0.39, 0.29) is 23.5 Å². The standard InChI is InChI=1S/C17H20FN3O2S/c1-23-15-6-5-10(7-13(15)18)14-9-24-17(20-14)21-16(22)12-4-2-3-11(12)8-19/h5-7,9,11-12H,2-4,8,19H2,1H3,(H,20,21,22)/t11-,12-/m1/s1. The number of methoxy groups -OCH3 is 1. The van der Waals surface area contributed by atoms with E-state index < -0.39 is 5.82 Å². The molecule has 1 aliphatic rings. The molecule has 1 amide bonds. The SMILES string of the molecule is COc1ccc(-c2csc(NC(=O)[C@@H]3CCC[C@@H]3CN)n2)cc1F. The Morgan fingerprint density at radius 3 is 3.04 bits per heavy atom. The third kappa shape index (κ3) is 3.42. The minimum atomic E-state index is -0.440. The van der Waals surface area contributed by atoms with E-state index in [9.17, 15) is 9.18 Å². The van der Waals surface area contributed by atoms with Gasteiger partial charge >= 0.3 is 0 Å². The lowest BCUT2D eigenvalue weighted by molar-refractivity contribution is -0.120. The van der Waals surface area contributed by atoms with Gasteiger partial charge in [-0.3, -0.25) is 4.79 Å². The lowest BCUT2D eigenvalue weighted by Gasteiger charge is -2.16. The van der Waals surface area contributed by atoms with Gasteiger partial charge in [0.2, 0.25) is 5.91 Å². The summed E-state index contributed by atoms with van der Waals surface area (Å²) in [6, 6.07) is 4.68. The summed E-state index contributed by atoms with van der Waals surface area (Å²) in [7, 11) is 1.42. The van der Waals surface area contributed by atoms with Crippen molar-refractivity contribution < 1.29 is 13.9 Å². The normalized spacial score (nSPS) is 20.1. The molecule has 1 aliphatic carbocycles. The van der Waals surface area contributed by atoms with E-state index >= 15 is 0 Å². The molecule has 0 unspecified atom stereocenters. The maximum Gasteiger partial charge on any atom is 0.229 e. The molecule has 2 atom stereocenters. The van der Waals surface area contributed by atoms with E-state index in [2.05, 4.69) is 10.3 Å². The number of carbonyl (C=O) groups is 1. The van der Waals surface area contributed by atoms with Crippen molar-refractivity contribution in [3.63, 3.8) is 0 Å². The molecule has 1 saturated carbocycles. The van der Waals surface area contributed by atoms with Crippen LogP contribution in [0.15, 0.2) is 23.6 Å². The summed E-state index contributed by atoms with van der Waals surface area (Å²) in [5, 5.41) is 5.19. The van der Waals surface area contributed by atoms with Gasteiger partial charge < -0.3 is 15.8 Å². The number of amides is 1. The van der Waals surface area contributed by atoms with E-state index in [0.717, 1.165) is 19.3 Å². The van der Waals surface area contributed by atoms with Crippen LogP contribution in [0.5, 0.6) is 5.75 Å². The zero-order valence-corrected chi connectivity index (χ0v) is 14.2. The number of hydrogen-bond acceptors (Lipinski definition) is 5. The first-order valence-corrected chi connectivity index (χ1v) is 8.80. The lowest BCUT2D eigenvalue weighted by atomic mass is 9.95. The van der Waals surface area contributed by atoms with Crippen LogP contribution in [-0.4, -0.2) is 24.5 Å². The van der Waals surface area contributed by atoms with E-state index in [1.807, 2.05) is 0 Å². The first kappa shape index (κ1) is 16.9. The molecule has 7 heteroatoms. The molecule has 0 aliphatic heterocycles. The molecule has 1 aromatic carbocycles. The molecule has 0 saturated heterocycles. The maximum absolute atomic E-state index is 13.8. The summed E-state index contributed by atoms with van der Waals surface area (Å²) < 4.78 is 18.7. The van der Waals surface area contributed by atoms with Crippen LogP contribution < -0.4 is 15.8 Å². The highest BCUT2D eigenvalue weighted by Gasteiger charge is 2.32. The fourth-order valence-corrected chi connectivity index (χ4v) is 3.87. The van der Waals surface area contributed by atoms with Crippen LogP contribution >= 0.6 is 11.3 Å². The summed E-state index contributed by atoms with van der Waals surface area (Å²) in [5.41, 5.74) is 7.00. The van der Waals surface area contributed by atoms with Gasteiger partial charge in [-0.05, 0) is 43.5 Å². The molecule has 1 aromatic heterocycles. The molecule has 5 nitrogen and oxygen atoms in total. The average molecular weight is 349 g/mol. The Morgan fingerprint density at radius 2 is 2.33 bits per heavy atom. The summed E-state index contributed by atoms with van der Waals surface area (Å²) in [6.07, 6.45) is 2.91. The molecule has 24 heavy (non-hydrogen) atoms. The Morgan fingerprint density at radius 1 is 1.50 bits per heavy atom. The van der Waals surface area contributed by atoms with Gasteiger partial charge in [-0.15, -0.1) is 11.3 Å². The molecule has 2 aromatic rings. The van der Waals surface area contributed by atoms with Crippen molar-refractivity contribution in [3.05, 3.63) is 29.4 Å². The molecular weight excluding hydrogens is 329 g/mol. The molecule has 0 bridgehead atoms. The van der Waals surface area contributed by atoms with Crippen LogP contribution in [0.4, 0.5) is 9.52 Å². The number of anilines is 1. The Bertz CT molecular complexity index is 734. The number of nitrogens with one attached hydrogen (secondary N) is 1. The van der Waals surface area contributed by atoms with Gasteiger partial charge in [0.15, 0.2) is 16.7 Å². The fraction of sp³-hybridized carbons (Fsp3) is 0.412. The minimum Gasteiger partial charge on any atom is -0.494 e. The molecule has 0 spiro atoms. The van der Waals surface area contributed by atoms with Gasteiger partial charge in [-0.25, -0.2) is 9.37 Å². The number of halogens is 1. The Balaban J connectivity index is 1.71. The van der Waals surface area contributed by atoms with Gasteiger partial charge in [-0.1, -0.05) is 6.42 Å². The molecule has 1 heterocycles. The van der Waals surface area contributed by atoms with Gasteiger partial charge in [0.1, 0.15) is 0 Å². The van der Waals surface area contributed by atoms with Crippen LogP contribution in [0.3, 0.4) is 0 Å². The second-order valence-corrected chi connectivity index (χ2v) is 6.77. The lowest BCUT2D eigenvalue weighted by Crippen LogP contribution is -2.29. The number of thiazole rings is 1. The first-order valence-electron chi connectivity index (χ1n) is 7.92. The van der Waals surface area contributed by atoms with Crippen molar-refractivity contribution in [3.8, 4) is 17.0 Å². The summed E-state index contributed by atoms with van der Waals surface area (Å²) >= 11 is 1.33. The maximum atomic E-state index is 13.8. The van der Waals surface area contributed by atoms with Crippen LogP contribution in [0.25, 0.3) is 11.3 Å². The Hall–Kier alpha value is -1.99. The predicted octanol–water partition coefficient (Wildman–Crippen LogP) is 3.27. The molecule has 1 fully saturated rings. The van der Waals surface area contributed by atoms with Gasteiger partial charge in [0.05, 0.1) is 12.8 Å². The van der Waals surface area contributed by atoms with Crippen molar-refractivity contribution in [1.82, 2.24) is 4.98 Å². The summed E-state index contributed by atoms with van der Waals surface area (Å²) in [5.74, 6) is -0.0625. The second kappa shape index (κ2) is 7.27. The van der Waals surface area contributed by atoms with Crippen molar-refractivity contribution in [2.75, 3.05) is 19.0 Å². The Labute approximate surface area is 144 Å². The second-order valence-electron chi connectivity index (χ2n) is 5.91. The van der Waals surface area contributed by atoms with Gasteiger partial charge in [0.25, 0.3) is 0 Å². The molecule has 128 valence electrons. The van der Waals surface area contributed by atoms with Crippen LogP contribution in [0, 0.1) is 17.7 Å². The molecule has 3 N–H and O–H groups in total. The summed E-state index contributed by atoms with van der Waals surface area (Å²) in [6.45, 7) is 0.534. The zero-order valence-electron chi connectivity index (χ0n) is 13.4. The summed E-state index contributed by atoms with van der Waals surface area (Å²) in [4.78, 5) is 16.8. The van der Waals surface area contributed by atoms with Crippen LogP contribution in [0.2, 0.25) is 0 Å². The van der Waals surface area contributed by atoms with E-state index in [1.54, 1.807) is 17.5 Å². The van der Waals surface area contributed by atoms with Crippen molar-refractivity contribution in [2.24, 2.45) is 17.6 Å². The topological polar surface area (TPSA) is 77.2 Å². The number of benzene rings is 1. The van der Waals surface area contributed by atoms with E-state index in [1.165, 1.54) is 24.5 Å². The highest BCUT2D eigenvalue weighted by atomic mass is 32.1. The number of aromatic nitrogens is 1. The highest BCUT2D eigenvalue weighted by Crippen LogP contribution is 2.33. The number of nitrogens with two attached hydrogens (primary N) is 1. The van der Waals surface area contributed by atoms with Crippen molar-refractivity contribution in [2.45, 2.75) is 19.3 Å². The minimum absolute atomic E-state index is 0.0234. The molecular formula is C17H20FN3O2S. The predicted molar refractivity (Wildman–Crippen MR) is 92.6 cm³/mol. The number of hydrogen-bond donors (Lipinski definition) is 2. The number of rotatable bonds is 5. The first-order chi connectivity index (χ1) is 11.6. The molecule has 0 radical (unpaired) electrons. The van der Waals surface area contributed by atoms with Crippen LogP contribution in [0.1, 0.15) is 19.3 Å². The monoisotopic (exact) mass is 349 g/mol. The largest absolute Gasteiger partial charge is 0.494 e. The third-order valence-corrected chi connectivity index (χ3v) is 5.24. The average Bonchev–Trinajstić information content (AvgIpc) is 3.23. The Kier molecular flexibility index (Phi) is 5.11. The van der Waals surface area contributed by atoms with E-state index in [0.29, 0.717) is 22.9 Å². The fourth-order valence-electron chi connectivity index (χ4n) is 3.15. The number of nitrogens with zero attached hydrogens (tertiary/aromatic N) is 1. The van der Waals surface area contributed by atoms with Crippen molar-refractivity contribution >= 4 is 22.4 Å². The van der Waals surface area contributed by atoms with Crippen LogP contribution in [-0.2, 0) is 4.79 Å². The highest BCUT2D eigenvalue weighted by molar-refractivity contribution is 7.14. The van der Waals surface area contributed by atoms with Gasteiger partial charge in [-0.2, -0.15) is 0 Å². The zero-order chi connectivity index (χ0) is 17.1. The smallest absolute Gasteiger partial charge is 0.229 e. The number of ether oxygens (including phenoxy) is 1.